The maximum Gasteiger partial charge on any atom is 0.251 e. The van der Waals surface area contributed by atoms with Gasteiger partial charge in [-0.3, -0.25) is 9.59 Å². The second-order valence-corrected chi connectivity index (χ2v) is 6.39. The van der Waals surface area contributed by atoms with Crippen LogP contribution in [-0.2, 0) is 9.53 Å². The average Bonchev–Trinajstić information content (AvgIpc) is 2.67. The monoisotopic (exact) mass is 385 g/mol. The molecule has 2 aromatic carbocycles. The van der Waals surface area contributed by atoms with Crippen LogP contribution in [0.3, 0.4) is 0 Å². The quantitative estimate of drug-likeness (QED) is 0.470. The Bertz CT molecular complexity index is 791. The van der Waals surface area contributed by atoms with Gasteiger partial charge in [-0.2, -0.15) is 0 Å². The van der Waals surface area contributed by atoms with Crippen LogP contribution >= 0.6 is 0 Å². The SMILES string of the molecule is Cc1ccc(NCC(=O)Nc2ccc(C(=O)NCCOCCO)cc2)c(C)c1. The highest BCUT2D eigenvalue weighted by molar-refractivity contribution is 5.96. The van der Waals surface area contributed by atoms with Crippen LogP contribution in [-0.4, -0.2) is 49.8 Å². The molecule has 0 bridgehead atoms. The fourth-order valence-corrected chi connectivity index (χ4v) is 2.60. The predicted molar refractivity (Wildman–Crippen MR) is 110 cm³/mol. The van der Waals surface area contributed by atoms with Gasteiger partial charge in [-0.05, 0) is 49.7 Å². The molecule has 0 radical (unpaired) electrons. The van der Waals surface area contributed by atoms with Crippen molar-refractivity contribution in [3.8, 4) is 0 Å². The van der Waals surface area contributed by atoms with E-state index in [4.69, 9.17) is 9.84 Å². The van der Waals surface area contributed by atoms with Gasteiger partial charge in [0.15, 0.2) is 0 Å². The number of benzene rings is 2. The zero-order valence-electron chi connectivity index (χ0n) is 16.2. The van der Waals surface area contributed by atoms with E-state index in [1.54, 1.807) is 24.3 Å². The summed E-state index contributed by atoms with van der Waals surface area (Å²) in [5.74, 6) is -0.389. The maximum atomic E-state index is 12.1. The number of aryl methyl sites for hydroxylation is 2. The topological polar surface area (TPSA) is 99.7 Å². The Morgan fingerprint density at radius 3 is 2.46 bits per heavy atom. The van der Waals surface area contributed by atoms with Gasteiger partial charge in [0.25, 0.3) is 5.91 Å². The number of hydrogen-bond acceptors (Lipinski definition) is 5. The molecule has 0 saturated carbocycles. The van der Waals surface area contributed by atoms with Gasteiger partial charge >= 0.3 is 0 Å². The third-order valence-electron chi connectivity index (χ3n) is 4.02. The van der Waals surface area contributed by atoms with Crippen molar-refractivity contribution in [3.63, 3.8) is 0 Å². The summed E-state index contributed by atoms with van der Waals surface area (Å²) < 4.78 is 5.08. The number of carbonyl (C=O) groups excluding carboxylic acids is 2. The molecule has 0 aliphatic rings. The van der Waals surface area contributed by atoms with Crippen molar-refractivity contribution in [2.45, 2.75) is 13.8 Å². The summed E-state index contributed by atoms with van der Waals surface area (Å²) in [6, 6.07) is 12.7. The van der Waals surface area contributed by atoms with E-state index in [1.165, 1.54) is 5.56 Å². The Morgan fingerprint density at radius 2 is 1.79 bits per heavy atom. The smallest absolute Gasteiger partial charge is 0.251 e. The van der Waals surface area contributed by atoms with Crippen molar-refractivity contribution in [1.29, 1.82) is 0 Å². The Kier molecular flexibility index (Phi) is 8.45. The number of aliphatic hydroxyl groups is 1. The van der Waals surface area contributed by atoms with Gasteiger partial charge in [-0.25, -0.2) is 0 Å². The van der Waals surface area contributed by atoms with Crippen LogP contribution in [0.5, 0.6) is 0 Å². The number of hydrogen-bond donors (Lipinski definition) is 4. The molecule has 150 valence electrons. The molecule has 0 fully saturated rings. The number of nitrogens with one attached hydrogen (secondary N) is 3. The lowest BCUT2D eigenvalue weighted by molar-refractivity contribution is -0.114. The lowest BCUT2D eigenvalue weighted by Gasteiger charge is -2.11. The lowest BCUT2D eigenvalue weighted by Crippen LogP contribution is -2.27. The molecule has 2 rings (SSSR count). The minimum absolute atomic E-state index is 0.0404. The summed E-state index contributed by atoms with van der Waals surface area (Å²) >= 11 is 0. The fourth-order valence-electron chi connectivity index (χ4n) is 2.60. The zero-order valence-corrected chi connectivity index (χ0v) is 16.2. The van der Waals surface area contributed by atoms with Crippen LogP contribution in [0, 0.1) is 13.8 Å². The van der Waals surface area contributed by atoms with Crippen molar-refractivity contribution in [2.75, 3.05) is 43.5 Å². The van der Waals surface area contributed by atoms with Crippen molar-refractivity contribution in [2.24, 2.45) is 0 Å². The summed E-state index contributed by atoms with van der Waals surface area (Å²) in [6.45, 7) is 5.09. The van der Waals surface area contributed by atoms with Crippen molar-refractivity contribution >= 4 is 23.2 Å². The first-order valence-electron chi connectivity index (χ1n) is 9.17. The first kappa shape index (κ1) is 21.4. The highest BCUT2D eigenvalue weighted by atomic mass is 16.5. The van der Waals surface area contributed by atoms with Gasteiger partial charge in [0.2, 0.25) is 5.91 Å². The van der Waals surface area contributed by atoms with Crippen LogP contribution in [0.1, 0.15) is 21.5 Å². The molecule has 4 N–H and O–H groups in total. The minimum atomic E-state index is -0.220. The normalized spacial score (nSPS) is 10.4. The third kappa shape index (κ3) is 7.02. The third-order valence-corrected chi connectivity index (χ3v) is 4.02. The van der Waals surface area contributed by atoms with Crippen molar-refractivity contribution < 1.29 is 19.4 Å². The summed E-state index contributed by atoms with van der Waals surface area (Å²) in [5.41, 5.74) is 4.30. The van der Waals surface area contributed by atoms with E-state index in [9.17, 15) is 9.59 Å². The number of amides is 2. The summed E-state index contributed by atoms with van der Waals surface area (Å²) in [4.78, 5) is 24.1. The first-order valence-corrected chi connectivity index (χ1v) is 9.17. The molecule has 2 amide bonds. The predicted octanol–water partition coefficient (Wildman–Crippen LogP) is 2.09. The number of ether oxygens (including phenoxy) is 1. The lowest BCUT2D eigenvalue weighted by atomic mass is 10.1. The maximum absolute atomic E-state index is 12.1. The van der Waals surface area contributed by atoms with Gasteiger partial charge in [0, 0.05) is 23.5 Å². The molecular formula is C21H27N3O4. The molecule has 0 aliphatic heterocycles. The summed E-state index contributed by atoms with van der Waals surface area (Å²) in [5, 5.41) is 17.3. The Labute approximate surface area is 165 Å². The summed E-state index contributed by atoms with van der Waals surface area (Å²) in [7, 11) is 0. The molecule has 0 aromatic heterocycles. The second kappa shape index (κ2) is 11.1. The van der Waals surface area contributed by atoms with Gasteiger partial charge in [-0.15, -0.1) is 0 Å². The Balaban J connectivity index is 1.78. The highest BCUT2D eigenvalue weighted by Crippen LogP contribution is 2.16. The van der Waals surface area contributed by atoms with Gasteiger partial charge in [0.05, 0.1) is 26.4 Å². The standard InChI is InChI=1S/C21H27N3O4/c1-15-3-8-19(16(2)13-15)23-14-20(26)24-18-6-4-17(5-7-18)21(27)22-9-11-28-12-10-25/h3-8,13,23,25H,9-12,14H2,1-2H3,(H,22,27)(H,24,26). The van der Waals surface area contributed by atoms with Gasteiger partial charge in [0.1, 0.15) is 0 Å². The molecule has 2 aromatic rings. The van der Waals surface area contributed by atoms with Crippen LogP contribution in [0.2, 0.25) is 0 Å². The molecular weight excluding hydrogens is 358 g/mol. The van der Waals surface area contributed by atoms with E-state index in [2.05, 4.69) is 22.0 Å². The number of anilines is 2. The van der Waals surface area contributed by atoms with E-state index >= 15 is 0 Å². The Hall–Kier alpha value is -2.90. The van der Waals surface area contributed by atoms with Crippen molar-refractivity contribution in [3.05, 3.63) is 59.2 Å². The fraction of sp³-hybridized carbons (Fsp3) is 0.333. The van der Waals surface area contributed by atoms with Crippen LogP contribution in [0.25, 0.3) is 0 Å². The molecule has 0 spiro atoms. The van der Waals surface area contributed by atoms with Crippen molar-refractivity contribution in [1.82, 2.24) is 5.32 Å². The highest BCUT2D eigenvalue weighted by Gasteiger charge is 2.07. The number of rotatable bonds is 10. The minimum Gasteiger partial charge on any atom is -0.394 e. The molecule has 0 aliphatic carbocycles. The van der Waals surface area contributed by atoms with E-state index in [-0.39, 0.29) is 31.6 Å². The van der Waals surface area contributed by atoms with Crippen LogP contribution in [0.15, 0.2) is 42.5 Å². The van der Waals surface area contributed by atoms with E-state index in [0.29, 0.717) is 24.4 Å². The first-order chi connectivity index (χ1) is 13.5. The Morgan fingerprint density at radius 1 is 1.04 bits per heavy atom. The number of carbonyl (C=O) groups is 2. The number of aliphatic hydroxyl groups excluding tert-OH is 1. The molecule has 0 atom stereocenters. The molecule has 0 saturated heterocycles. The molecule has 0 unspecified atom stereocenters. The molecule has 7 nitrogen and oxygen atoms in total. The van der Waals surface area contributed by atoms with Crippen LogP contribution in [0.4, 0.5) is 11.4 Å². The van der Waals surface area contributed by atoms with Crippen LogP contribution < -0.4 is 16.0 Å². The average molecular weight is 385 g/mol. The zero-order chi connectivity index (χ0) is 20.4. The van der Waals surface area contributed by atoms with Gasteiger partial charge < -0.3 is 25.8 Å². The van der Waals surface area contributed by atoms with Gasteiger partial charge in [-0.1, -0.05) is 17.7 Å². The second-order valence-electron chi connectivity index (χ2n) is 6.39. The van der Waals surface area contributed by atoms with E-state index in [1.807, 2.05) is 26.0 Å². The van der Waals surface area contributed by atoms with E-state index < -0.39 is 0 Å². The summed E-state index contributed by atoms with van der Waals surface area (Å²) in [6.07, 6.45) is 0. The van der Waals surface area contributed by atoms with E-state index in [0.717, 1.165) is 11.3 Å². The largest absolute Gasteiger partial charge is 0.394 e. The molecule has 7 heteroatoms. The molecule has 28 heavy (non-hydrogen) atoms. The molecule has 0 heterocycles.